The predicted octanol–water partition coefficient (Wildman–Crippen LogP) is 2.52. The predicted molar refractivity (Wildman–Crippen MR) is 126 cm³/mol. The quantitative estimate of drug-likeness (QED) is 0.498. The molecule has 4 bridgehead atoms. The van der Waals surface area contributed by atoms with Crippen LogP contribution in [-0.4, -0.2) is 78.0 Å². The van der Waals surface area contributed by atoms with Gasteiger partial charge in [-0.2, -0.15) is 0 Å². The number of nitrogens with zero attached hydrogens (tertiary/aromatic N) is 1. The Morgan fingerprint density at radius 2 is 1.91 bits per heavy atom. The highest BCUT2D eigenvalue weighted by atomic mass is 16.6. The van der Waals surface area contributed by atoms with E-state index in [1.54, 1.807) is 6.92 Å². The maximum absolute atomic E-state index is 14.0. The summed E-state index contributed by atoms with van der Waals surface area (Å²) in [4.78, 5) is 29.5. The van der Waals surface area contributed by atoms with Crippen molar-refractivity contribution in [3.05, 3.63) is 23.8 Å². The van der Waals surface area contributed by atoms with Gasteiger partial charge in [-0.1, -0.05) is 32.1 Å². The summed E-state index contributed by atoms with van der Waals surface area (Å²) in [6, 6.07) is 0.0769. The fourth-order valence-corrected chi connectivity index (χ4v) is 7.67. The molecular weight excluding hydrogens is 434 g/mol. The minimum Gasteiger partial charge on any atom is -0.457 e. The molecule has 7 heteroatoms. The second kappa shape index (κ2) is 8.84. The van der Waals surface area contributed by atoms with Crippen LogP contribution in [0.2, 0.25) is 0 Å². The molecule has 0 aromatic rings. The Hall–Kier alpha value is -1.54. The Kier molecular flexibility index (Phi) is 6.28. The van der Waals surface area contributed by atoms with Crippen molar-refractivity contribution < 1.29 is 28.9 Å². The van der Waals surface area contributed by atoms with E-state index >= 15 is 0 Å². The van der Waals surface area contributed by atoms with Gasteiger partial charge in [0.05, 0.1) is 18.1 Å². The van der Waals surface area contributed by atoms with E-state index in [2.05, 4.69) is 30.1 Å². The van der Waals surface area contributed by atoms with Crippen molar-refractivity contribution in [2.75, 3.05) is 20.2 Å². The smallest absolute Gasteiger partial charge is 0.335 e. The number of hydrogen-bond donors (Lipinski definition) is 1. The first-order chi connectivity index (χ1) is 16.2. The van der Waals surface area contributed by atoms with Crippen LogP contribution in [0.1, 0.15) is 47.0 Å². The summed E-state index contributed by atoms with van der Waals surface area (Å²) in [5, 5.41) is 10.4. The normalized spacial score (nSPS) is 49.2. The van der Waals surface area contributed by atoms with Gasteiger partial charge in [0.2, 0.25) is 0 Å². The van der Waals surface area contributed by atoms with Crippen LogP contribution in [0.3, 0.4) is 0 Å². The van der Waals surface area contributed by atoms with Crippen molar-refractivity contribution in [1.29, 1.82) is 0 Å². The number of carbonyl (C=O) groups is 2. The molecule has 0 aromatic heterocycles. The largest absolute Gasteiger partial charge is 0.457 e. The Morgan fingerprint density at radius 1 is 1.21 bits per heavy atom. The van der Waals surface area contributed by atoms with E-state index in [1.165, 1.54) is 7.11 Å². The zero-order chi connectivity index (χ0) is 24.4. The number of methoxy groups -OCH3 is 1. The molecule has 2 saturated heterocycles. The van der Waals surface area contributed by atoms with Gasteiger partial charge in [-0.3, -0.25) is 9.69 Å². The standard InChI is InChI=1S/C27H39NO6/c1-14-12-15(2)27-18(13-20(32-5)26(31)33-24(14)17(4)29)8-9-19-21(27)23(30)16(3)22(25(19)34-27)28-10-6-7-11-28/h8-9,12,14,16-22,24-25,29H,6-7,10-11,13H2,1-5H3/b15-12-/t14-,16?,17-,18-,19-,20+,21+,22?,24+,25-,27+/m1/s1. The van der Waals surface area contributed by atoms with Gasteiger partial charge in [-0.25, -0.2) is 4.79 Å². The average Bonchev–Trinajstić information content (AvgIpc) is 3.38. The number of aliphatic hydroxyl groups is 1. The first-order valence-corrected chi connectivity index (χ1v) is 12.9. The van der Waals surface area contributed by atoms with Crippen molar-refractivity contribution in [3.8, 4) is 0 Å². The summed E-state index contributed by atoms with van der Waals surface area (Å²) < 4.78 is 18.4. The molecule has 188 valence electrons. The van der Waals surface area contributed by atoms with Crippen LogP contribution in [0, 0.1) is 29.6 Å². The van der Waals surface area contributed by atoms with E-state index in [-0.39, 0.29) is 47.5 Å². The Morgan fingerprint density at radius 3 is 2.56 bits per heavy atom. The SMILES string of the molecule is CO[C@H]1C[C@H]2C=C[C@@H]3[C@H]4C(=O)C(C)C(N5CCCC5)[C@@H]3O[C@@]24/C(C)=C\[C@@H](C)[C@@H]([C@@H](C)O)OC1=O. The number of rotatable bonds is 3. The van der Waals surface area contributed by atoms with Gasteiger partial charge in [0, 0.05) is 36.8 Å². The molecule has 3 aliphatic heterocycles. The van der Waals surface area contributed by atoms with Gasteiger partial charge in [-0.05, 0) is 51.8 Å². The van der Waals surface area contributed by atoms with E-state index in [4.69, 9.17) is 14.2 Å². The number of cyclic esters (lactones) is 1. The molecule has 11 atom stereocenters. The zero-order valence-electron chi connectivity index (χ0n) is 21.0. The van der Waals surface area contributed by atoms with Crippen molar-refractivity contribution >= 4 is 11.8 Å². The van der Waals surface area contributed by atoms with E-state index < -0.39 is 29.9 Å². The van der Waals surface area contributed by atoms with Gasteiger partial charge in [0.1, 0.15) is 17.5 Å². The van der Waals surface area contributed by atoms with Crippen LogP contribution >= 0.6 is 0 Å². The molecule has 0 aromatic carbocycles. The lowest BCUT2D eigenvalue weighted by Gasteiger charge is -2.46. The zero-order valence-corrected chi connectivity index (χ0v) is 21.0. The maximum Gasteiger partial charge on any atom is 0.335 e. The molecule has 1 N–H and O–H groups in total. The molecular formula is C27H39NO6. The van der Waals surface area contributed by atoms with Crippen LogP contribution in [0.5, 0.6) is 0 Å². The molecule has 2 unspecified atom stereocenters. The molecule has 0 radical (unpaired) electrons. The lowest BCUT2D eigenvalue weighted by Crippen LogP contribution is -2.57. The molecule has 0 amide bonds. The molecule has 5 rings (SSSR count). The monoisotopic (exact) mass is 473 g/mol. The van der Waals surface area contributed by atoms with E-state index in [9.17, 15) is 14.7 Å². The first-order valence-electron chi connectivity index (χ1n) is 12.9. The molecule has 5 aliphatic rings. The molecule has 1 saturated carbocycles. The third kappa shape index (κ3) is 3.46. The van der Waals surface area contributed by atoms with Crippen molar-refractivity contribution in [3.63, 3.8) is 0 Å². The Balaban J connectivity index is 1.63. The summed E-state index contributed by atoms with van der Waals surface area (Å²) in [5.74, 6) is -0.970. The molecule has 2 aliphatic carbocycles. The van der Waals surface area contributed by atoms with Crippen molar-refractivity contribution in [1.82, 2.24) is 4.90 Å². The molecule has 34 heavy (non-hydrogen) atoms. The molecule has 7 nitrogen and oxygen atoms in total. The van der Waals surface area contributed by atoms with Crippen molar-refractivity contribution in [2.45, 2.75) is 83.0 Å². The molecule has 1 spiro atoms. The topological polar surface area (TPSA) is 85.3 Å². The number of carbonyl (C=O) groups excluding carboxylic acids is 2. The second-order valence-electron chi connectivity index (χ2n) is 11.2. The van der Waals surface area contributed by atoms with Gasteiger partial charge in [0.15, 0.2) is 6.10 Å². The van der Waals surface area contributed by atoms with E-state index in [1.807, 2.05) is 13.8 Å². The number of Topliss-reactive ketones (excluding diaryl/α,β-unsaturated/α-hetero) is 1. The van der Waals surface area contributed by atoms with Crippen LogP contribution in [0.4, 0.5) is 0 Å². The lowest BCUT2D eigenvalue weighted by molar-refractivity contribution is -0.171. The fraction of sp³-hybridized carbons (Fsp3) is 0.778. The minimum absolute atomic E-state index is 0.0349. The second-order valence-corrected chi connectivity index (χ2v) is 11.2. The molecule has 3 fully saturated rings. The van der Waals surface area contributed by atoms with Gasteiger partial charge in [-0.15, -0.1) is 0 Å². The van der Waals surface area contributed by atoms with Gasteiger partial charge in [0.25, 0.3) is 0 Å². The number of likely N-dealkylation sites (tertiary alicyclic amines) is 1. The number of hydrogen-bond acceptors (Lipinski definition) is 7. The highest BCUT2D eigenvalue weighted by molar-refractivity contribution is 5.88. The molecule has 3 heterocycles. The highest BCUT2D eigenvalue weighted by Gasteiger charge is 2.69. The number of esters is 1. The summed E-state index contributed by atoms with van der Waals surface area (Å²) in [5.41, 5.74) is 0.184. The number of aliphatic hydroxyl groups excluding tert-OH is 1. The van der Waals surface area contributed by atoms with Gasteiger partial charge < -0.3 is 19.3 Å². The minimum atomic E-state index is -0.836. The highest BCUT2D eigenvalue weighted by Crippen LogP contribution is 2.60. The van der Waals surface area contributed by atoms with E-state index in [0.717, 1.165) is 31.5 Å². The third-order valence-corrected chi connectivity index (χ3v) is 9.23. The van der Waals surface area contributed by atoms with E-state index in [0.29, 0.717) is 6.42 Å². The van der Waals surface area contributed by atoms with Crippen LogP contribution < -0.4 is 0 Å². The van der Waals surface area contributed by atoms with Crippen LogP contribution in [-0.2, 0) is 23.8 Å². The first kappa shape index (κ1) is 24.2. The summed E-state index contributed by atoms with van der Waals surface area (Å²) in [6.45, 7) is 9.73. The third-order valence-electron chi connectivity index (χ3n) is 9.23. The Bertz CT molecular complexity index is 892. The van der Waals surface area contributed by atoms with Crippen molar-refractivity contribution in [2.24, 2.45) is 29.6 Å². The van der Waals surface area contributed by atoms with Gasteiger partial charge >= 0.3 is 5.97 Å². The number of ether oxygens (including phenoxy) is 3. The fourth-order valence-electron chi connectivity index (χ4n) is 7.67. The van der Waals surface area contributed by atoms with Crippen LogP contribution in [0.25, 0.3) is 0 Å². The summed E-state index contributed by atoms with van der Waals surface area (Å²) in [7, 11) is 1.51. The summed E-state index contributed by atoms with van der Waals surface area (Å²) >= 11 is 0. The number of ketones is 1. The lowest BCUT2D eigenvalue weighted by atomic mass is 9.57. The summed E-state index contributed by atoms with van der Waals surface area (Å²) in [6.07, 6.45) is 6.69. The Labute approximate surface area is 202 Å². The maximum atomic E-state index is 14.0. The average molecular weight is 474 g/mol. The van der Waals surface area contributed by atoms with Crippen LogP contribution in [0.15, 0.2) is 23.8 Å².